The van der Waals surface area contributed by atoms with Crippen LogP contribution in [0, 0.1) is 5.92 Å². The number of hydrogen-bond acceptors (Lipinski definition) is 1. The molecule has 0 saturated heterocycles. The predicted octanol–water partition coefficient (Wildman–Crippen LogP) is 3.67. The van der Waals surface area contributed by atoms with Crippen LogP contribution in [0.3, 0.4) is 0 Å². The molecule has 2 heteroatoms. The quantitative estimate of drug-likeness (QED) is 0.735. The first-order chi connectivity index (χ1) is 8.77. The lowest BCUT2D eigenvalue weighted by Crippen LogP contribution is -2.21. The van der Waals surface area contributed by atoms with Gasteiger partial charge in [-0.25, -0.2) is 0 Å². The zero-order valence-corrected chi connectivity index (χ0v) is 11.5. The average Bonchev–Trinajstić information content (AvgIpc) is 2.77. The molecule has 1 heterocycles. The van der Waals surface area contributed by atoms with E-state index in [2.05, 4.69) is 60.3 Å². The standard InChI is InChI=1S/C16H24N2/c1-14(2)6-5-10-17-11-13-18-12-9-15-7-3-4-8-16(15)18/h3-4,7-9,12,14,17H,5-6,10-11,13H2,1-2H3. The van der Waals surface area contributed by atoms with Gasteiger partial charge in [-0.2, -0.15) is 0 Å². The lowest BCUT2D eigenvalue weighted by Gasteiger charge is -2.08. The molecule has 1 N–H and O–H groups in total. The number of para-hydroxylation sites is 1. The molecular formula is C16H24N2. The van der Waals surface area contributed by atoms with E-state index in [0.717, 1.165) is 25.6 Å². The molecule has 0 unspecified atom stereocenters. The highest BCUT2D eigenvalue weighted by atomic mass is 15.0. The highest BCUT2D eigenvalue weighted by Crippen LogP contribution is 2.14. The van der Waals surface area contributed by atoms with Gasteiger partial charge in [-0.05, 0) is 42.8 Å². The number of nitrogens with one attached hydrogen (secondary N) is 1. The van der Waals surface area contributed by atoms with E-state index in [1.165, 1.54) is 23.7 Å². The summed E-state index contributed by atoms with van der Waals surface area (Å²) in [7, 11) is 0. The van der Waals surface area contributed by atoms with Crippen molar-refractivity contribution in [1.29, 1.82) is 0 Å². The maximum absolute atomic E-state index is 3.52. The van der Waals surface area contributed by atoms with Gasteiger partial charge in [-0.1, -0.05) is 32.0 Å². The number of rotatable bonds is 7. The normalized spacial score (nSPS) is 11.5. The summed E-state index contributed by atoms with van der Waals surface area (Å²) in [5.41, 5.74) is 1.33. The van der Waals surface area contributed by atoms with Crippen molar-refractivity contribution in [2.75, 3.05) is 13.1 Å². The van der Waals surface area contributed by atoms with Gasteiger partial charge in [-0.15, -0.1) is 0 Å². The van der Waals surface area contributed by atoms with Crippen molar-refractivity contribution in [1.82, 2.24) is 9.88 Å². The Labute approximate surface area is 110 Å². The fourth-order valence-corrected chi connectivity index (χ4v) is 2.30. The highest BCUT2D eigenvalue weighted by molar-refractivity contribution is 5.79. The topological polar surface area (TPSA) is 17.0 Å². The zero-order valence-electron chi connectivity index (χ0n) is 11.5. The van der Waals surface area contributed by atoms with Gasteiger partial charge in [0.25, 0.3) is 0 Å². The van der Waals surface area contributed by atoms with Gasteiger partial charge in [0.15, 0.2) is 0 Å². The van der Waals surface area contributed by atoms with Crippen LogP contribution in [0.15, 0.2) is 36.5 Å². The van der Waals surface area contributed by atoms with E-state index in [1.54, 1.807) is 0 Å². The van der Waals surface area contributed by atoms with E-state index in [-0.39, 0.29) is 0 Å². The molecule has 0 aliphatic heterocycles. The minimum Gasteiger partial charge on any atom is -0.346 e. The Morgan fingerprint density at radius 3 is 2.78 bits per heavy atom. The predicted molar refractivity (Wildman–Crippen MR) is 78.9 cm³/mol. The first-order valence-corrected chi connectivity index (χ1v) is 7.02. The minimum atomic E-state index is 0.820. The Morgan fingerprint density at radius 2 is 1.94 bits per heavy atom. The van der Waals surface area contributed by atoms with Crippen molar-refractivity contribution in [3.8, 4) is 0 Å². The zero-order chi connectivity index (χ0) is 12.8. The second kappa shape index (κ2) is 6.60. The molecule has 2 rings (SSSR count). The molecule has 2 aromatic rings. The van der Waals surface area contributed by atoms with Crippen LogP contribution in [0.4, 0.5) is 0 Å². The second-order valence-corrected chi connectivity index (χ2v) is 5.35. The highest BCUT2D eigenvalue weighted by Gasteiger charge is 1.99. The van der Waals surface area contributed by atoms with Crippen LogP contribution in [0.1, 0.15) is 26.7 Å². The van der Waals surface area contributed by atoms with Crippen LogP contribution in [0.5, 0.6) is 0 Å². The molecule has 2 nitrogen and oxygen atoms in total. The van der Waals surface area contributed by atoms with Crippen molar-refractivity contribution in [3.63, 3.8) is 0 Å². The van der Waals surface area contributed by atoms with Gasteiger partial charge in [-0.3, -0.25) is 0 Å². The maximum Gasteiger partial charge on any atom is 0.0480 e. The molecule has 0 aliphatic rings. The minimum absolute atomic E-state index is 0.820. The van der Waals surface area contributed by atoms with Gasteiger partial charge >= 0.3 is 0 Å². The summed E-state index contributed by atoms with van der Waals surface area (Å²) >= 11 is 0. The van der Waals surface area contributed by atoms with Gasteiger partial charge < -0.3 is 9.88 Å². The average molecular weight is 244 g/mol. The Hall–Kier alpha value is -1.28. The monoisotopic (exact) mass is 244 g/mol. The molecule has 0 atom stereocenters. The lowest BCUT2D eigenvalue weighted by molar-refractivity contribution is 0.517. The van der Waals surface area contributed by atoms with Crippen LogP contribution in [-0.2, 0) is 6.54 Å². The molecule has 98 valence electrons. The summed E-state index contributed by atoms with van der Waals surface area (Å²) in [5, 5.41) is 4.85. The molecule has 0 aliphatic carbocycles. The second-order valence-electron chi connectivity index (χ2n) is 5.35. The van der Waals surface area contributed by atoms with E-state index < -0.39 is 0 Å². The maximum atomic E-state index is 3.52. The summed E-state index contributed by atoms with van der Waals surface area (Å²) < 4.78 is 2.32. The summed E-state index contributed by atoms with van der Waals surface area (Å²) in [6.07, 6.45) is 4.78. The lowest BCUT2D eigenvalue weighted by atomic mass is 10.1. The summed E-state index contributed by atoms with van der Waals surface area (Å²) in [6.45, 7) is 7.81. The van der Waals surface area contributed by atoms with Crippen LogP contribution in [0.25, 0.3) is 10.9 Å². The van der Waals surface area contributed by atoms with Crippen LogP contribution in [-0.4, -0.2) is 17.7 Å². The van der Waals surface area contributed by atoms with Crippen LogP contribution < -0.4 is 5.32 Å². The van der Waals surface area contributed by atoms with Crippen molar-refractivity contribution in [3.05, 3.63) is 36.5 Å². The molecular weight excluding hydrogens is 220 g/mol. The molecule has 0 saturated carbocycles. The molecule has 0 amide bonds. The number of hydrogen-bond donors (Lipinski definition) is 1. The smallest absolute Gasteiger partial charge is 0.0480 e. The SMILES string of the molecule is CC(C)CCCNCCn1ccc2ccccc21. The molecule has 0 radical (unpaired) electrons. The third kappa shape index (κ3) is 3.61. The van der Waals surface area contributed by atoms with Crippen molar-refractivity contribution in [2.24, 2.45) is 5.92 Å². The van der Waals surface area contributed by atoms with Crippen LogP contribution >= 0.6 is 0 Å². The molecule has 0 bridgehead atoms. The number of fused-ring (bicyclic) bond motifs is 1. The fraction of sp³-hybridized carbons (Fsp3) is 0.500. The Balaban J connectivity index is 1.74. The van der Waals surface area contributed by atoms with E-state index in [9.17, 15) is 0 Å². The summed E-state index contributed by atoms with van der Waals surface area (Å²) in [4.78, 5) is 0. The van der Waals surface area contributed by atoms with E-state index in [4.69, 9.17) is 0 Å². The van der Waals surface area contributed by atoms with E-state index >= 15 is 0 Å². The number of aromatic nitrogens is 1. The van der Waals surface area contributed by atoms with E-state index in [1.807, 2.05) is 0 Å². The van der Waals surface area contributed by atoms with Gasteiger partial charge in [0.2, 0.25) is 0 Å². The first-order valence-electron chi connectivity index (χ1n) is 7.02. The molecule has 1 aromatic carbocycles. The largest absolute Gasteiger partial charge is 0.346 e. The Morgan fingerprint density at radius 1 is 1.11 bits per heavy atom. The third-order valence-corrected chi connectivity index (χ3v) is 3.34. The summed E-state index contributed by atoms with van der Waals surface area (Å²) in [5.74, 6) is 0.820. The van der Waals surface area contributed by atoms with Crippen molar-refractivity contribution in [2.45, 2.75) is 33.2 Å². The van der Waals surface area contributed by atoms with Gasteiger partial charge in [0.1, 0.15) is 0 Å². The molecule has 18 heavy (non-hydrogen) atoms. The van der Waals surface area contributed by atoms with Crippen molar-refractivity contribution < 1.29 is 0 Å². The van der Waals surface area contributed by atoms with Crippen molar-refractivity contribution >= 4 is 10.9 Å². The number of nitrogens with zero attached hydrogens (tertiary/aromatic N) is 1. The molecule has 0 spiro atoms. The third-order valence-electron chi connectivity index (χ3n) is 3.34. The molecule has 0 fully saturated rings. The van der Waals surface area contributed by atoms with Gasteiger partial charge in [0, 0.05) is 24.8 Å². The Bertz CT molecular complexity index is 471. The van der Waals surface area contributed by atoms with Gasteiger partial charge in [0.05, 0.1) is 0 Å². The number of benzene rings is 1. The fourth-order valence-electron chi connectivity index (χ4n) is 2.30. The van der Waals surface area contributed by atoms with E-state index in [0.29, 0.717) is 0 Å². The summed E-state index contributed by atoms with van der Waals surface area (Å²) in [6, 6.07) is 10.7. The molecule has 1 aromatic heterocycles. The first kappa shape index (κ1) is 13.2. The Kier molecular flexibility index (Phi) is 4.82. The van der Waals surface area contributed by atoms with Crippen LogP contribution in [0.2, 0.25) is 0 Å².